The van der Waals surface area contributed by atoms with Gasteiger partial charge in [0.2, 0.25) is 5.43 Å². The second-order valence-electron chi connectivity index (χ2n) is 2.78. The van der Waals surface area contributed by atoms with Crippen LogP contribution in [-0.2, 0) is 13.7 Å². The van der Waals surface area contributed by atoms with Crippen molar-refractivity contribution in [1.82, 2.24) is 4.57 Å². The van der Waals surface area contributed by atoms with Gasteiger partial charge in [0.1, 0.15) is 0 Å². The summed E-state index contributed by atoms with van der Waals surface area (Å²) in [5, 5.41) is 17.9. The molecule has 0 aliphatic carbocycles. The predicted octanol–water partition coefficient (Wildman–Crippen LogP) is 0.521. The van der Waals surface area contributed by atoms with Crippen molar-refractivity contribution in [3.05, 3.63) is 27.7 Å². The minimum Gasteiger partial charge on any atom is -0.503 e. The first kappa shape index (κ1) is 10.6. The van der Waals surface area contributed by atoms with Crippen molar-refractivity contribution in [3.8, 4) is 5.75 Å². The Hall–Kier alpha value is -1.43. The normalized spacial score (nSPS) is 10.9. The first-order chi connectivity index (χ1) is 6.49. The minimum atomic E-state index is -2.94. The van der Waals surface area contributed by atoms with Gasteiger partial charge in [0, 0.05) is 13.2 Å². The maximum Gasteiger partial charge on any atom is 0.269 e. The third-order valence-corrected chi connectivity index (χ3v) is 1.89. The maximum absolute atomic E-state index is 12.2. The van der Waals surface area contributed by atoms with Crippen LogP contribution in [0.1, 0.15) is 17.7 Å². The van der Waals surface area contributed by atoms with E-state index in [0.29, 0.717) is 0 Å². The molecular weight excluding hydrogens is 196 g/mol. The first-order valence-corrected chi connectivity index (χ1v) is 3.79. The molecule has 0 spiro atoms. The number of aromatic hydroxyl groups is 1. The van der Waals surface area contributed by atoms with E-state index in [2.05, 4.69) is 0 Å². The van der Waals surface area contributed by atoms with Crippen molar-refractivity contribution in [3.63, 3.8) is 0 Å². The molecule has 4 nitrogen and oxygen atoms in total. The van der Waals surface area contributed by atoms with Crippen LogP contribution in [0.2, 0.25) is 0 Å². The summed E-state index contributed by atoms with van der Waals surface area (Å²) in [7, 11) is 1.36. The van der Waals surface area contributed by atoms with Crippen molar-refractivity contribution < 1.29 is 19.0 Å². The van der Waals surface area contributed by atoms with Crippen LogP contribution in [-0.4, -0.2) is 14.8 Å². The van der Waals surface area contributed by atoms with Crippen LogP contribution in [0, 0.1) is 0 Å². The molecule has 1 heterocycles. The molecule has 0 fully saturated rings. The van der Waals surface area contributed by atoms with Crippen molar-refractivity contribution in [2.45, 2.75) is 13.0 Å². The molecule has 78 valence electrons. The Labute approximate surface area is 78.0 Å². The summed E-state index contributed by atoms with van der Waals surface area (Å²) in [6.45, 7) is -0.582. The first-order valence-electron chi connectivity index (χ1n) is 3.79. The van der Waals surface area contributed by atoms with Gasteiger partial charge >= 0.3 is 0 Å². The Balaban J connectivity index is 3.48. The third kappa shape index (κ3) is 1.60. The maximum atomic E-state index is 12.2. The number of aryl methyl sites for hydroxylation is 1. The Morgan fingerprint density at radius 3 is 2.57 bits per heavy atom. The monoisotopic (exact) mass is 205 g/mol. The molecule has 6 heteroatoms. The van der Waals surface area contributed by atoms with Crippen molar-refractivity contribution in [2.75, 3.05) is 0 Å². The van der Waals surface area contributed by atoms with Crippen LogP contribution in [0.3, 0.4) is 0 Å². The molecular formula is C8H9F2NO3. The number of hydrogen-bond donors (Lipinski definition) is 2. The number of alkyl halides is 2. The summed E-state index contributed by atoms with van der Waals surface area (Å²) in [6, 6.07) is 0. The zero-order chi connectivity index (χ0) is 10.9. The zero-order valence-electron chi connectivity index (χ0n) is 7.37. The summed E-state index contributed by atoms with van der Waals surface area (Å²) in [4.78, 5) is 11.1. The van der Waals surface area contributed by atoms with E-state index in [1.165, 1.54) is 7.05 Å². The molecule has 0 radical (unpaired) electrons. The van der Waals surface area contributed by atoms with Crippen molar-refractivity contribution >= 4 is 0 Å². The van der Waals surface area contributed by atoms with Gasteiger partial charge in [-0.2, -0.15) is 0 Å². The van der Waals surface area contributed by atoms with Gasteiger partial charge in [0.15, 0.2) is 5.75 Å². The summed E-state index contributed by atoms with van der Waals surface area (Å²) >= 11 is 0. The summed E-state index contributed by atoms with van der Waals surface area (Å²) < 4.78 is 25.6. The largest absolute Gasteiger partial charge is 0.503 e. The fourth-order valence-corrected chi connectivity index (χ4v) is 1.12. The van der Waals surface area contributed by atoms with E-state index in [9.17, 15) is 18.7 Å². The summed E-state index contributed by atoms with van der Waals surface area (Å²) in [5.74, 6) is -0.826. The van der Waals surface area contributed by atoms with Crippen molar-refractivity contribution in [2.24, 2.45) is 7.05 Å². The summed E-state index contributed by atoms with van der Waals surface area (Å²) in [6.07, 6.45) is -2.04. The molecule has 0 amide bonds. The Kier molecular flexibility index (Phi) is 2.85. The van der Waals surface area contributed by atoms with Crippen molar-refractivity contribution in [1.29, 1.82) is 0 Å². The molecule has 0 unspecified atom stereocenters. The highest BCUT2D eigenvalue weighted by Crippen LogP contribution is 2.19. The molecule has 1 rings (SSSR count). The van der Waals surface area contributed by atoms with E-state index in [-0.39, 0.29) is 5.69 Å². The lowest BCUT2D eigenvalue weighted by Crippen LogP contribution is -2.16. The third-order valence-electron chi connectivity index (χ3n) is 1.89. The van der Waals surface area contributed by atoms with Gasteiger partial charge in [-0.25, -0.2) is 8.78 Å². The minimum absolute atomic E-state index is 0.0839. The van der Waals surface area contributed by atoms with Crippen LogP contribution in [0.5, 0.6) is 5.75 Å². The molecule has 14 heavy (non-hydrogen) atoms. The molecule has 0 aromatic carbocycles. The fourth-order valence-electron chi connectivity index (χ4n) is 1.12. The number of nitrogens with zero attached hydrogens (tertiary/aromatic N) is 1. The van der Waals surface area contributed by atoms with Gasteiger partial charge in [-0.15, -0.1) is 0 Å². The molecule has 1 aromatic rings. The fraction of sp³-hybridized carbons (Fsp3) is 0.375. The molecule has 0 bridgehead atoms. The van der Waals surface area contributed by atoms with Gasteiger partial charge in [0.25, 0.3) is 6.43 Å². The second-order valence-corrected chi connectivity index (χ2v) is 2.78. The van der Waals surface area contributed by atoms with E-state index >= 15 is 0 Å². The highest BCUT2D eigenvalue weighted by atomic mass is 19.3. The van der Waals surface area contributed by atoms with Gasteiger partial charge in [-0.05, 0) is 0 Å². The van der Waals surface area contributed by atoms with E-state index in [1.54, 1.807) is 0 Å². The van der Waals surface area contributed by atoms with Crippen LogP contribution < -0.4 is 5.43 Å². The smallest absolute Gasteiger partial charge is 0.269 e. The number of hydrogen-bond acceptors (Lipinski definition) is 3. The number of aliphatic hydroxyl groups excluding tert-OH is 1. The second kappa shape index (κ2) is 3.75. The number of aromatic nitrogens is 1. The lowest BCUT2D eigenvalue weighted by Gasteiger charge is -2.10. The lowest BCUT2D eigenvalue weighted by molar-refractivity contribution is 0.148. The number of pyridine rings is 1. The molecule has 0 saturated heterocycles. The topological polar surface area (TPSA) is 62.5 Å². The SMILES string of the molecule is Cn1cc(C(F)F)c(=O)c(O)c1CO. The molecule has 0 saturated carbocycles. The highest BCUT2D eigenvalue weighted by molar-refractivity contribution is 5.31. The molecule has 1 aromatic heterocycles. The van der Waals surface area contributed by atoms with E-state index in [0.717, 1.165) is 10.8 Å². The Morgan fingerprint density at radius 2 is 2.14 bits per heavy atom. The Bertz CT molecular complexity index is 400. The standard InChI is InChI=1S/C8H9F2NO3/c1-11-2-4(8(9)10)6(13)7(14)5(11)3-12/h2,8,12,14H,3H2,1H3. The molecule has 0 aliphatic rings. The Morgan fingerprint density at radius 1 is 1.57 bits per heavy atom. The average Bonchev–Trinajstić information content (AvgIpc) is 2.12. The van der Waals surface area contributed by atoms with Gasteiger partial charge in [0.05, 0.1) is 17.9 Å². The van der Waals surface area contributed by atoms with E-state index < -0.39 is 29.8 Å². The quantitative estimate of drug-likeness (QED) is 0.739. The lowest BCUT2D eigenvalue weighted by atomic mass is 10.2. The van der Waals surface area contributed by atoms with Gasteiger partial charge in [-0.3, -0.25) is 4.79 Å². The predicted molar refractivity (Wildman–Crippen MR) is 44.2 cm³/mol. The molecule has 2 N–H and O–H groups in total. The van der Waals surface area contributed by atoms with Crippen LogP contribution in [0.25, 0.3) is 0 Å². The van der Waals surface area contributed by atoms with Gasteiger partial charge in [-0.1, -0.05) is 0 Å². The average molecular weight is 205 g/mol. The number of rotatable bonds is 2. The summed E-state index contributed by atoms with van der Waals surface area (Å²) in [5.41, 5.74) is -2.00. The number of halogens is 2. The van der Waals surface area contributed by atoms with Crippen LogP contribution in [0.15, 0.2) is 11.0 Å². The van der Waals surface area contributed by atoms with E-state index in [4.69, 9.17) is 5.11 Å². The van der Waals surface area contributed by atoms with E-state index in [1.807, 2.05) is 0 Å². The highest BCUT2D eigenvalue weighted by Gasteiger charge is 2.18. The zero-order valence-corrected chi connectivity index (χ0v) is 7.37. The van der Waals surface area contributed by atoms with Crippen LogP contribution in [0.4, 0.5) is 8.78 Å². The number of aliphatic hydroxyl groups is 1. The molecule has 0 aliphatic heterocycles. The molecule has 0 atom stereocenters. The van der Waals surface area contributed by atoms with Gasteiger partial charge < -0.3 is 14.8 Å². The van der Waals surface area contributed by atoms with Crippen LogP contribution >= 0.6 is 0 Å².